The number of rotatable bonds is 4. The Morgan fingerprint density at radius 1 is 1.05 bits per heavy atom. The Hall–Kier alpha value is -2.07. The summed E-state index contributed by atoms with van der Waals surface area (Å²) in [6.45, 7) is 3.83. The van der Waals surface area contributed by atoms with E-state index in [-0.39, 0.29) is 18.1 Å². The number of hydrogen-bond acceptors (Lipinski definition) is 2. The second-order valence-electron chi connectivity index (χ2n) is 4.86. The van der Waals surface area contributed by atoms with E-state index in [1.54, 1.807) is 12.4 Å². The molecule has 2 aromatic rings. The molecule has 1 aromatic heterocycles. The van der Waals surface area contributed by atoms with Gasteiger partial charge in [-0.3, -0.25) is 4.98 Å². The van der Waals surface area contributed by atoms with E-state index in [1.165, 1.54) is 0 Å². The van der Waals surface area contributed by atoms with E-state index >= 15 is 0 Å². The summed E-state index contributed by atoms with van der Waals surface area (Å²) in [5, 5.41) is 6.43. The predicted molar refractivity (Wildman–Crippen MR) is 84.2 cm³/mol. The highest BCUT2D eigenvalue weighted by molar-refractivity contribution is 6.31. The van der Waals surface area contributed by atoms with Crippen molar-refractivity contribution in [2.24, 2.45) is 0 Å². The third-order valence-corrected chi connectivity index (χ3v) is 3.62. The van der Waals surface area contributed by atoms with E-state index in [4.69, 9.17) is 11.6 Å². The van der Waals surface area contributed by atoms with Crippen molar-refractivity contribution in [1.29, 1.82) is 0 Å². The van der Waals surface area contributed by atoms with Crippen molar-refractivity contribution >= 4 is 17.6 Å². The lowest BCUT2D eigenvalue weighted by Gasteiger charge is -2.19. The number of benzene rings is 1. The highest BCUT2D eigenvalue weighted by atomic mass is 35.5. The maximum atomic E-state index is 12.0. The van der Waals surface area contributed by atoms with Gasteiger partial charge in [-0.15, -0.1) is 0 Å². The first-order valence-electron chi connectivity index (χ1n) is 6.79. The fraction of sp³-hybridized carbons (Fsp3) is 0.250. The average molecular weight is 304 g/mol. The smallest absolute Gasteiger partial charge is 0.315 e. The average Bonchev–Trinajstić information content (AvgIpc) is 2.48. The van der Waals surface area contributed by atoms with Gasteiger partial charge in [0, 0.05) is 17.4 Å². The predicted octanol–water partition coefficient (Wildman–Crippen LogP) is 3.86. The normalized spacial score (nSPS) is 13.3. The maximum Gasteiger partial charge on any atom is 0.315 e. The van der Waals surface area contributed by atoms with Gasteiger partial charge >= 0.3 is 6.03 Å². The van der Waals surface area contributed by atoms with Crippen LogP contribution in [0.4, 0.5) is 4.79 Å². The molecule has 2 amide bonds. The Morgan fingerprint density at radius 3 is 2.33 bits per heavy atom. The van der Waals surface area contributed by atoms with Crippen LogP contribution in [0.15, 0.2) is 48.8 Å². The number of pyridine rings is 1. The molecule has 0 aliphatic rings. The lowest BCUT2D eigenvalue weighted by molar-refractivity contribution is 0.235. The highest BCUT2D eigenvalue weighted by Crippen LogP contribution is 2.22. The third kappa shape index (κ3) is 4.20. The summed E-state index contributed by atoms with van der Waals surface area (Å²) >= 11 is 6.13. The molecule has 0 saturated heterocycles. The van der Waals surface area contributed by atoms with Crippen molar-refractivity contribution < 1.29 is 4.79 Å². The number of amides is 2. The summed E-state index contributed by atoms with van der Waals surface area (Å²) in [6, 6.07) is 10.7. The number of halogens is 1. The molecule has 0 spiro atoms. The molecule has 0 radical (unpaired) electrons. The van der Waals surface area contributed by atoms with E-state index in [9.17, 15) is 4.79 Å². The van der Waals surface area contributed by atoms with Crippen LogP contribution < -0.4 is 10.6 Å². The van der Waals surface area contributed by atoms with Crippen molar-refractivity contribution in [3.63, 3.8) is 0 Å². The molecular weight excluding hydrogens is 286 g/mol. The van der Waals surface area contributed by atoms with Gasteiger partial charge in [0.2, 0.25) is 0 Å². The van der Waals surface area contributed by atoms with Gasteiger partial charge in [0.25, 0.3) is 0 Å². The van der Waals surface area contributed by atoms with Gasteiger partial charge in [-0.05, 0) is 43.2 Å². The first-order chi connectivity index (χ1) is 10.1. The molecule has 0 saturated carbocycles. The fourth-order valence-corrected chi connectivity index (χ4v) is 2.37. The van der Waals surface area contributed by atoms with Crippen LogP contribution in [0.2, 0.25) is 5.02 Å². The monoisotopic (exact) mass is 303 g/mol. The molecule has 2 atom stereocenters. The lowest BCUT2D eigenvalue weighted by atomic mass is 10.1. The molecule has 21 heavy (non-hydrogen) atoms. The van der Waals surface area contributed by atoms with Crippen LogP contribution in [0.1, 0.15) is 37.1 Å². The third-order valence-electron chi connectivity index (χ3n) is 3.27. The quantitative estimate of drug-likeness (QED) is 0.901. The summed E-state index contributed by atoms with van der Waals surface area (Å²) in [6.07, 6.45) is 3.41. The molecule has 0 fully saturated rings. The van der Waals surface area contributed by atoms with Crippen molar-refractivity contribution in [3.05, 3.63) is 64.9 Å². The number of nitrogens with zero attached hydrogens (tertiary/aromatic N) is 1. The number of aromatic nitrogens is 1. The van der Waals surface area contributed by atoms with Crippen molar-refractivity contribution in [3.8, 4) is 0 Å². The molecule has 4 nitrogen and oxygen atoms in total. The van der Waals surface area contributed by atoms with Crippen molar-refractivity contribution in [1.82, 2.24) is 15.6 Å². The van der Waals surface area contributed by atoms with Gasteiger partial charge in [-0.1, -0.05) is 29.8 Å². The minimum Gasteiger partial charge on any atom is -0.332 e. The Kier molecular flexibility index (Phi) is 5.17. The zero-order valence-corrected chi connectivity index (χ0v) is 12.8. The van der Waals surface area contributed by atoms with Crippen molar-refractivity contribution in [2.45, 2.75) is 25.9 Å². The standard InChI is InChI=1S/C16H18ClN3O/c1-11(13-7-9-18-10-8-13)19-16(21)20-12(2)14-5-3-4-6-15(14)17/h3-12H,1-2H3,(H2,19,20,21). The number of carbonyl (C=O) groups excluding carboxylic acids is 1. The van der Waals surface area contributed by atoms with Gasteiger partial charge in [-0.25, -0.2) is 4.79 Å². The molecule has 110 valence electrons. The minimum atomic E-state index is -0.230. The first-order valence-corrected chi connectivity index (χ1v) is 7.17. The van der Waals surface area contributed by atoms with Crippen LogP contribution in [0, 0.1) is 0 Å². The second-order valence-corrected chi connectivity index (χ2v) is 5.27. The molecule has 0 aliphatic carbocycles. The van der Waals surface area contributed by atoms with Gasteiger partial charge in [0.15, 0.2) is 0 Å². The zero-order chi connectivity index (χ0) is 15.2. The fourth-order valence-electron chi connectivity index (χ4n) is 2.07. The van der Waals surface area contributed by atoms with Crippen LogP contribution in [0.25, 0.3) is 0 Å². The summed E-state index contributed by atoms with van der Waals surface area (Å²) in [5.74, 6) is 0. The van der Waals surface area contributed by atoms with Crippen molar-refractivity contribution in [2.75, 3.05) is 0 Å². The minimum absolute atomic E-state index is 0.0913. The van der Waals surface area contributed by atoms with Crippen LogP contribution in [-0.4, -0.2) is 11.0 Å². The number of nitrogens with one attached hydrogen (secondary N) is 2. The Balaban J connectivity index is 1.94. The Bertz CT molecular complexity index is 603. The van der Waals surface area contributed by atoms with Gasteiger partial charge in [0.1, 0.15) is 0 Å². The van der Waals surface area contributed by atoms with Crippen LogP contribution in [-0.2, 0) is 0 Å². The lowest BCUT2D eigenvalue weighted by Crippen LogP contribution is -2.38. The van der Waals surface area contributed by atoms with E-state index in [1.807, 2.05) is 50.2 Å². The van der Waals surface area contributed by atoms with Gasteiger partial charge < -0.3 is 10.6 Å². The Morgan fingerprint density at radius 2 is 1.67 bits per heavy atom. The van der Waals surface area contributed by atoms with E-state index in [0.717, 1.165) is 11.1 Å². The van der Waals surface area contributed by atoms with Gasteiger partial charge in [-0.2, -0.15) is 0 Å². The molecule has 0 bridgehead atoms. The number of hydrogen-bond donors (Lipinski definition) is 2. The molecule has 1 heterocycles. The molecule has 5 heteroatoms. The number of carbonyl (C=O) groups is 1. The molecular formula is C16H18ClN3O. The molecule has 2 rings (SSSR count). The van der Waals surface area contributed by atoms with Gasteiger partial charge in [0.05, 0.1) is 12.1 Å². The zero-order valence-electron chi connectivity index (χ0n) is 12.0. The Labute approximate surface area is 129 Å². The molecule has 2 unspecified atom stereocenters. The van der Waals surface area contributed by atoms with Crippen LogP contribution in [0.3, 0.4) is 0 Å². The second kappa shape index (κ2) is 7.09. The summed E-state index contributed by atoms with van der Waals surface area (Å²) in [5.41, 5.74) is 1.90. The summed E-state index contributed by atoms with van der Waals surface area (Å²) in [4.78, 5) is 16.0. The summed E-state index contributed by atoms with van der Waals surface area (Å²) < 4.78 is 0. The van der Waals surface area contributed by atoms with E-state index < -0.39 is 0 Å². The van der Waals surface area contributed by atoms with Crippen LogP contribution in [0.5, 0.6) is 0 Å². The molecule has 1 aromatic carbocycles. The highest BCUT2D eigenvalue weighted by Gasteiger charge is 2.14. The van der Waals surface area contributed by atoms with E-state index in [0.29, 0.717) is 5.02 Å². The molecule has 2 N–H and O–H groups in total. The summed E-state index contributed by atoms with van der Waals surface area (Å²) in [7, 11) is 0. The topological polar surface area (TPSA) is 54.0 Å². The first kappa shape index (κ1) is 15.3. The molecule has 0 aliphatic heterocycles. The largest absolute Gasteiger partial charge is 0.332 e. The maximum absolute atomic E-state index is 12.0. The van der Waals surface area contributed by atoms with Crippen LogP contribution >= 0.6 is 11.6 Å². The van der Waals surface area contributed by atoms with E-state index in [2.05, 4.69) is 15.6 Å². The number of urea groups is 1. The SMILES string of the molecule is CC(NC(=O)NC(C)c1ccccc1Cl)c1ccncc1.